The van der Waals surface area contributed by atoms with E-state index in [9.17, 15) is 9.59 Å². The molecule has 2 amide bonds. The van der Waals surface area contributed by atoms with Crippen molar-refractivity contribution in [2.45, 2.75) is 32.8 Å². The quantitative estimate of drug-likeness (QED) is 0.842. The summed E-state index contributed by atoms with van der Waals surface area (Å²) in [7, 11) is 0. The average Bonchev–Trinajstić information content (AvgIpc) is 2.67. The zero-order chi connectivity index (χ0) is 20.9. The van der Waals surface area contributed by atoms with Crippen LogP contribution in [0.1, 0.15) is 26.3 Å². The molecule has 1 fully saturated rings. The van der Waals surface area contributed by atoms with Gasteiger partial charge in [-0.1, -0.05) is 42.5 Å². The van der Waals surface area contributed by atoms with E-state index in [4.69, 9.17) is 4.74 Å². The van der Waals surface area contributed by atoms with Gasteiger partial charge in [-0.05, 0) is 37.1 Å². The predicted octanol–water partition coefficient (Wildman–Crippen LogP) is 3.05. The Hall–Kier alpha value is -2.60. The summed E-state index contributed by atoms with van der Waals surface area (Å²) in [5, 5.41) is 5.34. The van der Waals surface area contributed by atoms with Crippen LogP contribution in [0.5, 0.6) is 0 Å². The second-order valence-electron chi connectivity index (χ2n) is 8.52. The van der Waals surface area contributed by atoms with Crippen LogP contribution in [0.4, 0.5) is 4.79 Å². The molecule has 0 radical (unpaired) electrons. The Morgan fingerprint density at radius 1 is 1.00 bits per heavy atom. The third-order valence-electron chi connectivity index (χ3n) is 4.95. The van der Waals surface area contributed by atoms with E-state index in [1.54, 1.807) is 4.90 Å². The number of carbonyl (C=O) groups is 2. The fraction of sp³-hybridized carbons (Fsp3) is 0.478. The molecule has 0 saturated carbocycles. The topological polar surface area (TPSA) is 61.9 Å². The number of benzene rings is 2. The molecule has 0 unspecified atom stereocenters. The summed E-state index contributed by atoms with van der Waals surface area (Å²) < 4.78 is 5.42. The summed E-state index contributed by atoms with van der Waals surface area (Å²) in [6, 6.07) is 14.3. The van der Waals surface area contributed by atoms with Gasteiger partial charge in [-0.2, -0.15) is 0 Å². The lowest BCUT2D eigenvalue weighted by Crippen LogP contribution is -2.51. The SMILES string of the molecule is CC(C)(C)OC(=O)N1CCN(CCNC(=O)Cc2ccc3ccccc3c2)CC1. The smallest absolute Gasteiger partial charge is 0.410 e. The third-order valence-corrected chi connectivity index (χ3v) is 4.95. The first-order valence-corrected chi connectivity index (χ1v) is 10.2. The minimum Gasteiger partial charge on any atom is -0.444 e. The summed E-state index contributed by atoms with van der Waals surface area (Å²) in [5.41, 5.74) is 0.552. The van der Waals surface area contributed by atoms with Gasteiger partial charge >= 0.3 is 6.09 Å². The van der Waals surface area contributed by atoms with E-state index in [0.717, 1.165) is 30.6 Å². The average molecular weight is 398 g/mol. The highest BCUT2D eigenvalue weighted by Crippen LogP contribution is 2.16. The minimum absolute atomic E-state index is 0.0349. The largest absolute Gasteiger partial charge is 0.444 e. The first kappa shape index (κ1) is 21.1. The van der Waals surface area contributed by atoms with Crippen LogP contribution in [-0.2, 0) is 16.0 Å². The standard InChI is InChI=1S/C23H31N3O3/c1-23(2,3)29-22(28)26-14-12-25(13-15-26)11-10-24-21(27)17-18-8-9-19-6-4-5-7-20(19)16-18/h4-9,16H,10-15,17H2,1-3H3,(H,24,27). The van der Waals surface area contributed by atoms with Gasteiger partial charge in [0.05, 0.1) is 6.42 Å². The van der Waals surface area contributed by atoms with Gasteiger partial charge in [0.2, 0.25) is 5.91 Å². The number of piperazine rings is 1. The van der Waals surface area contributed by atoms with Crippen LogP contribution >= 0.6 is 0 Å². The molecule has 156 valence electrons. The molecule has 1 aliphatic rings. The summed E-state index contributed by atoms with van der Waals surface area (Å²) in [5.74, 6) is 0.0349. The number of nitrogens with one attached hydrogen (secondary N) is 1. The number of rotatable bonds is 5. The monoisotopic (exact) mass is 397 g/mol. The van der Waals surface area contributed by atoms with Crippen molar-refractivity contribution in [1.29, 1.82) is 0 Å². The van der Waals surface area contributed by atoms with Gasteiger partial charge < -0.3 is 15.0 Å². The number of carbonyl (C=O) groups excluding carboxylic acids is 2. The van der Waals surface area contributed by atoms with Crippen LogP contribution in [0.15, 0.2) is 42.5 Å². The van der Waals surface area contributed by atoms with Crippen molar-refractivity contribution in [3.05, 3.63) is 48.0 Å². The van der Waals surface area contributed by atoms with Crippen molar-refractivity contribution in [1.82, 2.24) is 15.1 Å². The van der Waals surface area contributed by atoms with E-state index in [1.165, 1.54) is 5.39 Å². The van der Waals surface area contributed by atoms with Gasteiger partial charge in [0.15, 0.2) is 0 Å². The van der Waals surface area contributed by atoms with E-state index in [2.05, 4.69) is 34.5 Å². The van der Waals surface area contributed by atoms with Gasteiger partial charge in [0.25, 0.3) is 0 Å². The Bertz CT molecular complexity index is 852. The van der Waals surface area contributed by atoms with E-state index in [1.807, 2.05) is 39.0 Å². The number of amides is 2. The molecule has 0 aromatic heterocycles. The second-order valence-corrected chi connectivity index (χ2v) is 8.52. The van der Waals surface area contributed by atoms with Crippen LogP contribution in [0.2, 0.25) is 0 Å². The van der Waals surface area contributed by atoms with E-state index < -0.39 is 5.60 Å². The number of hydrogen-bond acceptors (Lipinski definition) is 4. The van der Waals surface area contributed by atoms with Crippen LogP contribution in [0.3, 0.4) is 0 Å². The van der Waals surface area contributed by atoms with Crippen molar-refractivity contribution in [2.75, 3.05) is 39.3 Å². The predicted molar refractivity (Wildman–Crippen MR) is 115 cm³/mol. The molecular weight excluding hydrogens is 366 g/mol. The van der Waals surface area contributed by atoms with Crippen molar-refractivity contribution in [3.63, 3.8) is 0 Å². The number of fused-ring (bicyclic) bond motifs is 1. The summed E-state index contributed by atoms with van der Waals surface area (Å²) >= 11 is 0. The highest BCUT2D eigenvalue weighted by atomic mass is 16.6. The molecule has 0 bridgehead atoms. The molecule has 0 spiro atoms. The van der Waals surface area contributed by atoms with Gasteiger partial charge in [0, 0.05) is 39.3 Å². The Kier molecular flexibility index (Phi) is 6.75. The molecule has 2 aromatic carbocycles. The maximum Gasteiger partial charge on any atom is 0.410 e. The molecule has 0 aliphatic carbocycles. The van der Waals surface area contributed by atoms with Gasteiger partial charge in [0.1, 0.15) is 5.60 Å². The first-order chi connectivity index (χ1) is 13.8. The summed E-state index contributed by atoms with van der Waals surface area (Å²) in [4.78, 5) is 28.4. The maximum atomic E-state index is 12.3. The van der Waals surface area contributed by atoms with Gasteiger partial charge in [-0.15, -0.1) is 0 Å². The molecule has 1 N–H and O–H groups in total. The van der Waals surface area contributed by atoms with Crippen molar-refractivity contribution in [3.8, 4) is 0 Å². The van der Waals surface area contributed by atoms with E-state index in [0.29, 0.717) is 26.1 Å². The maximum absolute atomic E-state index is 12.3. The highest BCUT2D eigenvalue weighted by Gasteiger charge is 2.25. The van der Waals surface area contributed by atoms with E-state index in [-0.39, 0.29) is 12.0 Å². The zero-order valence-electron chi connectivity index (χ0n) is 17.6. The molecule has 1 saturated heterocycles. The van der Waals surface area contributed by atoms with Crippen LogP contribution in [0, 0.1) is 0 Å². The van der Waals surface area contributed by atoms with E-state index >= 15 is 0 Å². The Balaban J connectivity index is 1.37. The summed E-state index contributed by atoms with van der Waals surface area (Å²) in [6.45, 7) is 9.91. The first-order valence-electron chi connectivity index (χ1n) is 10.2. The van der Waals surface area contributed by atoms with Crippen LogP contribution in [0.25, 0.3) is 10.8 Å². The molecular formula is C23H31N3O3. The molecule has 2 aromatic rings. The number of ether oxygens (including phenoxy) is 1. The second kappa shape index (κ2) is 9.27. The molecule has 1 aliphatic heterocycles. The van der Waals surface area contributed by atoms with Crippen molar-refractivity contribution in [2.24, 2.45) is 0 Å². The lowest BCUT2D eigenvalue weighted by atomic mass is 10.1. The Labute approximate surface area is 172 Å². The Morgan fingerprint density at radius 2 is 1.69 bits per heavy atom. The van der Waals surface area contributed by atoms with Gasteiger partial charge in [-0.25, -0.2) is 4.79 Å². The van der Waals surface area contributed by atoms with Crippen LogP contribution < -0.4 is 5.32 Å². The zero-order valence-corrected chi connectivity index (χ0v) is 17.6. The molecule has 0 atom stereocenters. The number of hydrogen-bond donors (Lipinski definition) is 1. The normalized spacial score (nSPS) is 15.3. The molecule has 1 heterocycles. The fourth-order valence-electron chi connectivity index (χ4n) is 3.43. The Morgan fingerprint density at radius 3 is 2.38 bits per heavy atom. The highest BCUT2D eigenvalue weighted by molar-refractivity contribution is 5.85. The molecule has 6 nitrogen and oxygen atoms in total. The third kappa shape index (κ3) is 6.46. The lowest BCUT2D eigenvalue weighted by molar-refractivity contribution is -0.120. The summed E-state index contributed by atoms with van der Waals surface area (Å²) in [6.07, 6.45) is 0.137. The van der Waals surface area contributed by atoms with Crippen LogP contribution in [-0.4, -0.2) is 66.7 Å². The molecule has 29 heavy (non-hydrogen) atoms. The van der Waals surface area contributed by atoms with Crippen molar-refractivity contribution < 1.29 is 14.3 Å². The van der Waals surface area contributed by atoms with Gasteiger partial charge in [-0.3, -0.25) is 9.69 Å². The minimum atomic E-state index is -0.469. The number of nitrogens with zero attached hydrogens (tertiary/aromatic N) is 2. The molecule has 6 heteroatoms. The van der Waals surface area contributed by atoms with Crippen molar-refractivity contribution >= 4 is 22.8 Å². The molecule has 3 rings (SSSR count). The fourth-order valence-corrected chi connectivity index (χ4v) is 3.43. The lowest BCUT2D eigenvalue weighted by Gasteiger charge is -2.35.